The van der Waals surface area contributed by atoms with E-state index >= 15 is 0 Å². The Morgan fingerprint density at radius 3 is 2.04 bits per heavy atom. The van der Waals surface area contributed by atoms with Crippen molar-refractivity contribution in [2.75, 3.05) is 0 Å². The molecule has 4 rings (SSSR count). The van der Waals surface area contributed by atoms with Gasteiger partial charge in [0, 0.05) is 21.5 Å². The van der Waals surface area contributed by atoms with Gasteiger partial charge in [-0.3, -0.25) is 0 Å². The van der Waals surface area contributed by atoms with Crippen LogP contribution in [0, 0.1) is 0 Å². The SMILES string of the molecule is Clc1ccc(-c2nc3ccccc3c(Cl)c2-c2ccccc2)cc1. The fourth-order valence-electron chi connectivity index (χ4n) is 2.86. The fourth-order valence-corrected chi connectivity index (χ4v) is 3.34. The van der Waals surface area contributed by atoms with E-state index in [1.54, 1.807) is 0 Å². The van der Waals surface area contributed by atoms with E-state index in [1.807, 2.05) is 66.7 Å². The summed E-state index contributed by atoms with van der Waals surface area (Å²) in [6.07, 6.45) is 0. The summed E-state index contributed by atoms with van der Waals surface area (Å²) in [5.41, 5.74) is 4.73. The van der Waals surface area contributed by atoms with Crippen LogP contribution in [0.3, 0.4) is 0 Å². The molecule has 0 saturated heterocycles. The lowest BCUT2D eigenvalue weighted by atomic mass is 9.97. The van der Waals surface area contributed by atoms with E-state index in [0.717, 1.165) is 38.3 Å². The maximum absolute atomic E-state index is 6.80. The minimum absolute atomic E-state index is 0.701. The predicted octanol–water partition coefficient (Wildman–Crippen LogP) is 6.88. The first-order chi connectivity index (χ1) is 11.7. The molecule has 0 atom stereocenters. The Hall–Kier alpha value is -2.35. The molecule has 0 saturated carbocycles. The summed E-state index contributed by atoms with van der Waals surface area (Å²) >= 11 is 12.8. The standard InChI is InChI=1S/C21H13Cl2N/c22-16-12-10-15(11-13-16)21-19(14-6-2-1-3-7-14)20(23)17-8-4-5-9-18(17)24-21/h1-13H. The van der Waals surface area contributed by atoms with Gasteiger partial charge in [-0.1, -0.05) is 83.9 Å². The molecule has 116 valence electrons. The van der Waals surface area contributed by atoms with Crippen molar-refractivity contribution in [1.82, 2.24) is 4.98 Å². The Kier molecular flexibility index (Phi) is 3.97. The number of nitrogens with zero attached hydrogens (tertiary/aromatic N) is 1. The van der Waals surface area contributed by atoms with Crippen LogP contribution in [-0.4, -0.2) is 4.98 Å². The number of fused-ring (bicyclic) bond motifs is 1. The number of aromatic nitrogens is 1. The predicted molar refractivity (Wildman–Crippen MR) is 103 cm³/mol. The van der Waals surface area contributed by atoms with Crippen molar-refractivity contribution in [3.8, 4) is 22.4 Å². The highest BCUT2D eigenvalue weighted by atomic mass is 35.5. The van der Waals surface area contributed by atoms with Gasteiger partial charge in [-0.2, -0.15) is 0 Å². The third-order valence-corrected chi connectivity index (χ3v) is 4.65. The van der Waals surface area contributed by atoms with E-state index in [9.17, 15) is 0 Å². The average molecular weight is 350 g/mol. The number of hydrogen-bond acceptors (Lipinski definition) is 1. The van der Waals surface area contributed by atoms with Crippen LogP contribution in [0.5, 0.6) is 0 Å². The minimum Gasteiger partial charge on any atom is -0.247 e. The van der Waals surface area contributed by atoms with Gasteiger partial charge in [-0.25, -0.2) is 4.98 Å². The third kappa shape index (κ3) is 2.66. The molecule has 1 heterocycles. The van der Waals surface area contributed by atoms with E-state index in [2.05, 4.69) is 12.1 Å². The highest BCUT2D eigenvalue weighted by Gasteiger charge is 2.16. The molecule has 0 aliphatic carbocycles. The molecule has 1 nitrogen and oxygen atoms in total. The molecular formula is C21H13Cl2N. The summed E-state index contributed by atoms with van der Waals surface area (Å²) in [5.74, 6) is 0. The van der Waals surface area contributed by atoms with E-state index in [0.29, 0.717) is 5.02 Å². The van der Waals surface area contributed by atoms with Crippen LogP contribution >= 0.6 is 23.2 Å². The van der Waals surface area contributed by atoms with Crippen molar-refractivity contribution in [1.29, 1.82) is 0 Å². The number of benzene rings is 3. The number of pyridine rings is 1. The summed E-state index contributed by atoms with van der Waals surface area (Å²) in [7, 11) is 0. The molecule has 0 aliphatic rings. The monoisotopic (exact) mass is 349 g/mol. The summed E-state index contributed by atoms with van der Waals surface area (Å²) in [6.45, 7) is 0. The largest absolute Gasteiger partial charge is 0.247 e. The molecule has 0 fully saturated rings. The quantitative estimate of drug-likeness (QED) is 0.384. The fraction of sp³-hybridized carbons (Fsp3) is 0. The number of rotatable bonds is 2. The first-order valence-electron chi connectivity index (χ1n) is 7.63. The Labute approximate surface area is 150 Å². The minimum atomic E-state index is 0.701. The van der Waals surface area contributed by atoms with Gasteiger partial charge < -0.3 is 0 Å². The summed E-state index contributed by atoms with van der Waals surface area (Å²) in [4.78, 5) is 4.88. The lowest BCUT2D eigenvalue weighted by molar-refractivity contribution is 1.39. The lowest BCUT2D eigenvalue weighted by Crippen LogP contribution is -1.93. The van der Waals surface area contributed by atoms with E-state index < -0.39 is 0 Å². The van der Waals surface area contributed by atoms with Gasteiger partial charge in [-0.05, 0) is 23.8 Å². The van der Waals surface area contributed by atoms with Gasteiger partial charge in [0.15, 0.2) is 0 Å². The second-order valence-corrected chi connectivity index (χ2v) is 6.35. The molecule has 0 aliphatic heterocycles. The lowest BCUT2D eigenvalue weighted by Gasteiger charge is -2.14. The highest BCUT2D eigenvalue weighted by Crippen LogP contribution is 2.40. The normalized spacial score (nSPS) is 10.9. The van der Waals surface area contributed by atoms with Gasteiger partial charge in [0.2, 0.25) is 0 Å². The summed E-state index contributed by atoms with van der Waals surface area (Å²) in [6, 6.07) is 25.7. The van der Waals surface area contributed by atoms with Gasteiger partial charge in [0.05, 0.1) is 16.2 Å². The van der Waals surface area contributed by atoms with Crippen LogP contribution in [0.4, 0.5) is 0 Å². The van der Waals surface area contributed by atoms with Crippen LogP contribution in [0.1, 0.15) is 0 Å². The van der Waals surface area contributed by atoms with Crippen molar-refractivity contribution in [3.05, 3.63) is 88.9 Å². The smallest absolute Gasteiger partial charge is 0.0803 e. The van der Waals surface area contributed by atoms with E-state index in [1.165, 1.54) is 0 Å². The molecule has 0 N–H and O–H groups in total. The zero-order chi connectivity index (χ0) is 16.5. The topological polar surface area (TPSA) is 12.9 Å². The number of halogens is 2. The zero-order valence-corrected chi connectivity index (χ0v) is 14.2. The molecule has 0 amide bonds. The van der Waals surface area contributed by atoms with Gasteiger partial charge in [-0.15, -0.1) is 0 Å². The van der Waals surface area contributed by atoms with Crippen LogP contribution in [0.2, 0.25) is 10.0 Å². The van der Waals surface area contributed by atoms with Gasteiger partial charge in [0.1, 0.15) is 0 Å². The Bertz CT molecular complexity index is 1010. The summed E-state index contributed by atoms with van der Waals surface area (Å²) in [5, 5.41) is 2.37. The maximum Gasteiger partial charge on any atom is 0.0803 e. The number of hydrogen-bond donors (Lipinski definition) is 0. The second kappa shape index (κ2) is 6.27. The van der Waals surface area contributed by atoms with Crippen LogP contribution in [0.25, 0.3) is 33.3 Å². The average Bonchev–Trinajstić information content (AvgIpc) is 2.63. The Morgan fingerprint density at radius 1 is 0.625 bits per heavy atom. The third-order valence-electron chi connectivity index (χ3n) is 4.01. The van der Waals surface area contributed by atoms with E-state index in [4.69, 9.17) is 28.2 Å². The molecular weight excluding hydrogens is 337 g/mol. The molecule has 3 aromatic carbocycles. The highest BCUT2D eigenvalue weighted by molar-refractivity contribution is 6.38. The van der Waals surface area contributed by atoms with Crippen molar-refractivity contribution in [3.63, 3.8) is 0 Å². The van der Waals surface area contributed by atoms with Crippen molar-refractivity contribution >= 4 is 34.1 Å². The molecule has 1 aromatic heterocycles. The van der Waals surface area contributed by atoms with Crippen LogP contribution in [0.15, 0.2) is 78.9 Å². The van der Waals surface area contributed by atoms with Crippen molar-refractivity contribution in [2.45, 2.75) is 0 Å². The van der Waals surface area contributed by atoms with Gasteiger partial charge in [0.25, 0.3) is 0 Å². The number of para-hydroxylation sites is 1. The van der Waals surface area contributed by atoms with E-state index in [-0.39, 0.29) is 0 Å². The van der Waals surface area contributed by atoms with Crippen molar-refractivity contribution < 1.29 is 0 Å². The Balaban J connectivity index is 2.09. The molecule has 0 radical (unpaired) electrons. The molecule has 24 heavy (non-hydrogen) atoms. The molecule has 3 heteroatoms. The second-order valence-electron chi connectivity index (χ2n) is 5.54. The Morgan fingerprint density at radius 2 is 1.29 bits per heavy atom. The summed E-state index contributed by atoms with van der Waals surface area (Å²) < 4.78 is 0. The molecule has 0 spiro atoms. The van der Waals surface area contributed by atoms with Crippen LogP contribution in [-0.2, 0) is 0 Å². The molecule has 0 bridgehead atoms. The van der Waals surface area contributed by atoms with Crippen LogP contribution < -0.4 is 0 Å². The van der Waals surface area contributed by atoms with Crippen molar-refractivity contribution in [2.24, 2.45) is 0 Å². The molecule has 4 aromatic rings. The molecule has 0 unspecified atom stereocenters. The first-order valence-corrected chi connectivity index (χ1v) is 8.39. The maximum atomic E-state index is 6.80. The zero-order valence-electron chi connectivity index (χ0n) is 12.7. The van der Waals surface area contributed by atoms with Gasteiger partial charge >= 0.3 is 0 Å². The first kappa shape index (κ1) is 15.2.